The molecule has 1 atom stereocenters. The van der Waals surface area contributed by atoms with Gasteiger partial charge in [-0.05, 0) is 37.8 Å². The zero-order valence-corrected chi connectivity index (χ0v) is 13.6. The summed E-state index contributed by atoms with van der Waals surface area (Å²) in [6, 6.07) is 3.80. The van der Waals surface area contributed by atoms with Gasteiger partial charge in [-0.25, -0.2) is 0 Å². The number of nitrogens with zero attached hydrogens (tertiary/aromatic N) is 2. The minimum atomic E-state index is -0.264. The van der Waals surface area contributed by atoms with Gasteiger partial charge in [-0.3, -0.25) is 14.6 Å². The molecular formula is C18H24N2O3. The number of allylic oxidation sites excluding steroid dienone is 2. The monoisotopic (exact) mass is 316 g/mol. The number of ether oxygens (including phenoxy) is 1. The molecule has 2 rings (SSSR count). The lowest BCUT2D eigenvalue weighted by Crippen LogP contribution is -2.37. The molecule has 23 heavy (non-hydrogen) atoms. The van der Waals surface area contributed by atoms with Gasteiger partial charge in [-0.2, -0.15) is 0 Å². The molecule has 0 aliphatic heterocycles. The van der Waals surface area contributed by atoms with Crippen molar-refractivity contribution in [3.05, 3.63) is 42.2 Å². The smallest absolute Gasteiger partial charge is 0.307 e. The van der Waals surface area contributed by atoms with Crippen molar-refractivity contribution in [1.29, 1.82) is 0 Å². The number of aromatic nitrogens is 1. The predicted octanol–water partition coefficient (Wildman–Crippen LogP) is 2.72. The molecule has 1 aromatic heterocycles. The van der Waals surface area contributed by atoms with Crippen LogP contribution in [-0.2, 0) is 20.9 Å². The molecule has 0 spiro atoms. The quantitative estimate of drug-likeness (QED) is 0.573. The van der Waals surface area contributed by atoms with Crippen molar-refractivity contribution in [2.75, 3.05) is 13.2 Å². The minimum Gasteiger partial charge on any atom is -0.466 e. The first-order valence-electron chi connectivity index (χ1n) is 8.19. The number of carbonyl (C=O) groups is 2. The molecule has 1 amide bonds. The molecule has 5 nitrogen and oxygen atoms in total. The average molecular weight is 316 g/mol. The van der Waals surface area contributed by atoms with E-state index in [9.17, 15) is 9.59 Å². The maximum absolute atomic E-state index is 12.8. The van der Waals surface area contributed by atoms with Crippen molar-refractivity contribution in [2.24, 2.45) is 5.92 Å². The number of esters is 1. The van der Waals surface area contributed by atoms with Crippen LogP contribution in [0.25, 0.3) is 0 Å². The number of hydrogen-bond donors (Lipinski definition) is 0. The third-order valence-electron chi connectivity index (χ3n) is 3.92. The minimum absolute atomic E-state index is 0.0128. The summed E-state index contributed by atoms with van der Waals surface area (Å²) in [5.74, 6) is -0.138. The van der Waals surface area contributed by atoms with Crippen molar-refractivity contribution >= 4 is 11.9 Å². The van der Waals surface area contributed by atoms with E-state index in [1.807, 2.05) is 12.1 Å². The molecule has 1 aliphatic carbocycles. The Morgan fingerprint density at radius 3 is 2.91 bits per heavy atom. The maximum Gasteiger partial charge on any atom is 0.307 e. The van der Waals surface area contributed by atoms with E-state index in [2.05, 4.69) is 17.1 Å². The normalized spacial score (nSPS) is 16.8. The van der Waals surface area contributed by atoms with E-state index in [4.69, 9.17) is 4.74 Å². The molecule has 1 heterocycles. The number of hydrogen-bond acceptors (Lipinski definition) is 4. The zero-order valence-electron chi connectivity index (χ0n) is 13.6. The lowest BCUT2D eigenvalue weighted by atomic mass is 9.93. The Morgan fingerprint density at radius 2 is 2.26 bits per heavy atom. The molecule has 1 aromatic rings. The average Bonchev–Trinajstić information content (AvgIpc) is 2.60. The molecule has 5 heteroatoms. The van der Waals surface area contributed by atoms with E-state index in [1.54, 1.807) is 24.2 Å². The number of amides is 1. The van der Waals surface area contributed by atoms with Gasteiger partial charge in [0.05, 0.1) is 13.0 Å². The molecule has 1 aliphatic rings. The summed E-state index contributed by atoms with van der Waals surface area (Å²) in [5.41, 5.74) is 0.969. The van der Waals surface area contributed by atoms with E-state index in [1.165, 1.54) is 0 Å². The first kappa shape index (κ1) is 17.2. The summed E-state index contributed by atoms with van der Waals surface area (Å²) in [7, 11) is 0. The van der Waals surface area contributed by atoms with E-state index >= 15 is 0 Å². The van der Waals surface area contributed by atoms with Crippen LogP contribution in [0.5, 0.6) is 0 Å². The fourth-order valence-corrected chi connectivity index (χ4v) is 2.71. The molecule has 0 saturated heterocycles. The summed E-state index contributed by atoms with van der Waals surface area (Å²) >= 11 is 0. The Balaban J connectivity index is 2.02. The molecule has 1 unspecified atom stereocenters. The first-order chi connectivity index (χ1) is 11.2. The number of carbonyl (C=O) groups excluding carboxylic acids is 2. The lowest BCUT2D eigenvalue weighted by molar-refractivity contribution is -0.144. The molecule has 0 aromatic carbocycles. The van der Waals surface area contributed by atoms with Crippen LogP contribution in [0, 0.1) is 5.92 Å². The van der Waals surface area contributed by atoms with Gasteiger partial charge in [0.2, 0.25) is 5.91 Å². The molecule has 124 valence electrons. The Morgan fingerprint density at radius 1 is 1.39 bits per heavy atom. The van der Waals surface area contributed by atoms with Gasteiger partial charge >= 0.3 is 5.97 Å². The van der Waals surface area contributed by atoms with Crippen molar-refractivity contribution in [1.82, 2.24) is 9.88 Å². The van der Waals surface area contributed by atoms with E-state index in [0.29, 0.717) is 19.7 Å². The second-order valence-electron chi connectivity index (χ2n) is 5.66. The fraction of sp³-hybridized carbons (Fsp3) is 0.500. The standard InChI is InChI=1S/C18H24N2O3/c1-2-23-17(21)10-12-20(14-15-7-6-11-19-13-15)18(22)16-8-4-3-5-9-16/h3-4,6-7,11,13,16H,2,5,8-10,12,14H2,1H3. The number of rotatable bonds is 7. The third-order valence-corrected chi connectivity index (χ3v) is 3.92. The Hall–Kier alpha value is -2.17. The van der Waals surface area contributed by atoms with Gasteiger partial charge in [0, 0.05) is 31.4 Å². The largest absolute Gasteiger partial charge is 0.466 e. The summed E-state index contributed by atoms with van der Waals surface area (Å²) in [6.07, 6.45) is 10.5. The molecule has 0 fully saturated rings. The second kappa shape index (κ2) is 9.08. The molecule has 0 bridgehead atoms. The van der Waals surface area contributed by atoms with Crippen LogP contribution in [-0.4, -0.2) is 34.9 Å². The molecule has 0 N–H and O–H groups in total. The summed E-state index contributed by atoms with van der Waals surface area (Å²) < 4.78 is 4.97. The van der Waals surface area contributed by atoms with E-state index in [-0.39, 0.29) is 24.2 Å². The van der Waals surface area contributed by atoms with Crippen LogP contribution in [0.1, 0.15) is 38.2 Å². The number of pyridine rings is 1. The van der Waals surface area contributed by atoms with Gasteiger partial charge in [0.15, 0.2) is 0 Å². The van der Waals surface area contributed by atoms with E-state index in [0.717, 1.165) is 24.8 Å². The van der Waals surface area contributed by atoms with Crippen LogP contribution in [0.3, 0.4) is 0 Å². The van der Waals surface area contributed by atoms with Crippen molar-refractivity contribution in [3.8, 4) is 0 Å². The lowest BCUT2D eigenvalue weighted by Gasteiger charge is -2.28. The maximum atomic E-state index is 12.8. The van der Waals surface area contributed by atoms with Gasteiger partial charge in [-0.15, -0.1) is 0 Å². The molecule has 0 saturated carbocycles. The van der Waals surface area contributed by atoms with Crippen molar-refractivity contribution in [3.63, 3.8) is 0 Å². The Kier molecular flexibility index (Phi) is 6.78. The summed E-state index contributed by atoms with van der Waals surface area (Å²) in [5, 5.41) is 0. The Bertz CT molecular complexity index is 542. The first-order valence-corrected chi connectivity index (χ1v) is 8.19. The van der Waals surface area contributed by atoms with Crippen LogP contribution >= 0.6 is 0 Å². The topological polar surface area (TPSA) is 59.5 Å². The third kappa shape index (κ3) is 5.51. The second-order valence-corrected chi connectivity index (χ2v) is 5.66. The highest BCUT2D eigenvalue weighted by molar-refractivity contribution is 5.80. The highest BCUT2D eigenvalue weighted by Crippen LogP contribution is 2.21. The van der Waals surface area contributed by atoms with Gasteiger partial charge in [0.25, 0.3) is 0 Å². The summed E-state index contributed by atoms with van der Waals surface area (Å²) in [6.45, 7) is 3.01. The Labute approximate surface area is 137 Å². The fourth-order valence-electron chi connectivity index (χ4n) is 2.71. The van der Waals surface area contributed by atoms with Gasteiger partial charge in [-0.1, -0.05) is 18.2 Å². The van der Waals surface area contributed by atoms with Gasteiger partial charge < -0.3 is 9.64 Å². The zero-order chi connectivity index (χ0) is 16.5. The predicted molar refractivity (Wildman–Crippen MR) is 87.4 cm³/mol. The van der Waals surface area contributed by atoms with E-state index < -0.39 is 0 Å². The van der Waals surface area contributed by atoms with Crippen LogP contribution in [0.4, 0.5) is 0 Å². The van der Waals surface area contributed by atoms with Gasteiger partial charge in [0.1, 0.15) is 0 Å². The van der Waals surface area contributed by atoms with Crippen molar-refractivity contribution in [2.45, 2.75) is 39.2 Å². The van der Waals surface area contributed by atoms with Crippen LogP contribution in [0.2, 0.25) is 0 Å². The molecule has 0 radical (unpaired) electrons. The highest BCUT2D eigenvalue weighted by Gasteiger charge is 2.25. The van der Waals surface area contributed by atoms with Crippen LogP contribution < -0.4 is 0 Å². The summed E-state index contributed by atoms with van der Waals surface area (Å²) in [4.78, 5) is 30.3. The van der Waals surface area contributed by atoms with Crippen LogP contribution in [0.15, 0.2) is 36.7 Å². The molecular weight excluding hydrogens is 292 g/mol. The SMILES string of the molecule is CCOC(=O)CCN(Cc1cccnc1)C(=O)C1CC=CCC1. The highest BCUT2D eigenvalue weighted by atomic mass is 16.5. The van der Waals surface area contributed by atoms with Crippen molar-refractivity contribution < 1.29 is 14.3 Å².